The first-order chi connectivity index (χ1) is 12.5. The van der Waals surface area contributed by atoms with Gasteiger partial charge in [-0.2, -0.15) is 0 Å². The van der Waals surface area contributed by atoms with E-state index in [0.29, 0.717) is 5.92 Å². The lowest BCUT2D eigenvalue weighted by Crippen LogP contribution is -2.10. The fourth-order valence-electron chi connectivity index (χ4n) is 3.02. The second-order valence-electron chi connectivity index (χ2n) is 6.95. The first kappa shape index (κ1) is 18.1. The third kappa shape index (κ3) is 4.48. The van der Waals surface area contributed by atoms with Gasteiger partial charge in [0.25, 0.3) is 0 Å². The van der Waals surface area contributed by atoms with Gasteiger partial charge in [-0.05, 0) is 60.4 Å². The number of rotatable bonds is 7. The van der Waals surface area contributed by atoms with Crippen LogP contribution < -0.4 is 14.8 Å². The minimum Gasteiger partial charge on any atom is -0.497 e. The molecule has 0 saturated carbocycles. The standard InChI is InChI=1S/C23H27NO2/c1-16(2)26-23-7-5-6-21(14-23)24-15-17(3)18-8-9-20-13-22(25-4)11-10-19(20)12-18/h5-14,16-17,24H,15H2,1-4H3. The van der Waals surface area contributed by atoms with Crippen LogP contribution in [0.3, 0.4) is 0 Å². The van der Waals surface area contributed by atoms with E-state index in [4.69, 9.17) is 9.47 Å². The Morgan fingerprint density at radius 1 is 0.846 bits per heavy atom. The maximum atomic E-state index is 5.76. The van der Waals surface area contributed by atoms with Gasteiger partial charge in [-0.15, -0.1) is 0 Å². The van der Waals surface area contributed by atoms with Gasteiger partial charge in [0, 0.05) is 18.3 Å². The zero-order chi connectivity index (χ0) is 18.5. The molecule has 0 spiro atoms. The summed E-state index contributed by atoms with van der Waals surface area (Å²) in [5.74, 6) is 2.19. The highest BCUT2D eigenvalue weighted by Crippen LogP contribution is 2.26. The normalized spacial score (nSPS) is 12.2. The third-order valence-electron chi connectivity index (χ3n) is 4.46. The molecule has 1 atom stereocenters. The molecule has 3 heteroatoms. The lowest BCUT2D eigenvalue weighted by atomic mass is 9.97. The molecule has 0 fully saturated rings. The minimum absolute atomic E-state index is 0.181. The summed E-state index contributed by atoms with van der Waals surface area (Å²) in [7, 11) is 1.70. The second kappa shape index (κ2) is 8.13. The van der Waals surface area contributed by atoms with E-state index in [2.05, 4.69) is 54.7 Å². The Morgan fingerprint density at radius 3 is 2.38 bits per heavy atom. The lowest BCUT2D eigenvalue weighted by molar-refractivity contribution is 0.242. The third-order valence-corrected chi connectivity index (χ3v) is 4.46. The van der Waals surface area contributed by atoms with Crippen molar-refractivity contribution in [2.45, 2.75) is 32.8 Å². The van der Waals surface area contributed by atoms with Crippen molar-refractivity contribution in [3.8, 4) is 11.5 Å². The Morgan fingerprint density at radius 2 is 1.62 bits per heavy atom. The Hall–Kier alpha value is -2.68. The van der Waals surface area contributed by atoms with E-state index in [9.17, 15) is 0 Å². The van der Waals surface area contributed by atoms with E-state index in [1.54, 1.807) is 7.11 Å². The molecule has 0 bridgehead atoms. The van der Waals surface area contributed by atoms with Gasteiger partial charge < -0.3 is 14.8 Å². The van der Waals surface area contributed by atoms with Gasteiger partial charge in [0.05, 0.1) is 13.2 Å². The number of ether oxygens (including phenoxy) is 2. The highest BCUT2D eigenvalue weighted by Gasteiger charge is 2.08. The molecule has 0 aliphatic carbocycles. The predicted octanol–water partition coefficient (Wildman–Crippen LogP) is 5.85. The van der Waals surface area contributed by atoms with Crippen LogP contribution in [0.25, 0.3) is 10.8 Å². The zero-order valence-corrected chi connectivity index (χ0v) is 16.0. The van der Waals surface area contributed by atoms with Crippen LogP contribution in [0.5, 0.6) is 11.5 Å². The van der Waals surface area contributed by atoms with Crippen LogP contribution in [0.1, 0.15) is 32.3 Å². The highest BCUT2D eigenvalue weighted by molar-refractivity contribution is 5.84. The molecule has 0 saturated heterocycles. The van der Waals surface area contributed by atoms with Gasteiger partial charge in [0.1, 0.15) is 11.5 Å². The van der Waals surface area contributed by atoms with Crippen molar-refractivity contribution < 1.29 is 9.47 Å². The zero-order valence-electron chi connectivity index (χ0n) is 16.0. The van der Waals surface area contributed by atoms with E-state index >= 15 is 0 Å². The van der Waals surface area contributed by atoms with E-state index < -0.39 is 0 Å². The van der Waals surface area contributed by atoms with Crippen molar-refractivity contribution in [3.05, 3.63) is 66.2 Å². The quantitative estimate of drug-likeness (QED) is 0.580. The van der Waals surface area contributed by atoms with E-state index in [-0.39, 0.29) is 6.10 Å². The minimum atomic E-state index is 0.181. The molecule has 0 aromatic heterocycles. The number of fused-ring (bicyclic) bond motifs is 1. The van der Waals surface area contributed by atoms with Crippen molar-refractivity contribution in [2.24, 2.45) is 0 Å². The van der Waals surface area contributed by atoms with Crippen LogP contribution in [-0.4, -0.2) is 19.8 Å². The molecule has 0 aliphatic rings. The maximum Gasteiger partial charge on any atom is 0.121 e. The smallest absolute Gasteiger partial charge is 0.121 e. The molecule has 3 rings (SSSR count). The summed E-state index contributed by atoms with van der Waals surface area (Å²) in [6.45, 7) is 7.19. The Kier molecular flexibility index (Phi) is 5.67. The van der Waals surface area contributed by atoms with Crippen molar-refractivity contribution >= 4 is 16.5 Å². The molecule has 1 unspecified atom stereocenters. The molecule has 0 radical (unpaired) electrons. The van der Waals surface area contributed by atoms with Crippen molar-refractivity contribution in [3.63, 3.8) is 0 Å². The van der Waals surface area contributed by atoms with E-state index in [0.717, 1.165) is 23.7 Å². The van der Waals surface area contributed by atoms with Gasteiger partial charge in [-0.1, -0.05) is 37.3 Å². The van der Waals surface area contributed by atoms with Crippen LogP contribution >= 0.6 is 0 Å². The van der Waals surface area contributed by atoms with Crippen LogP contribution in [0.2, 0.25) is 0 Å². The predicted molar refractivity (Wildman–Crippen MR) is 110 cm³/mol. The lowest BCUT2D eigenvalue weighted by Gasteiger charge is -2.16. The summed E-state index contributed by atoms with van der Waals surface area (Å²) in [6, 6.07) is 21.0. The fourth-order valence-corrected chi connectivity index (χ4v) is 3.02. The maximum absolute atomic E-state index is 5.76. The Bertz CT molecular complexity index is 873. The molecule has 3 aromatic rings. The van der Waals surface area contributed by atoms with Crippen LogP contribution in [0.4, 0.5) is 5.69 Å². The summed E-state index contributed by atoms with van der Waals surface area (Å²) < 4.78 is 11.1. The summed E-state index contributed by atoms with van der Waals surface area (Å²) >= 11 is 0. The molecule has 0 aliphatic heterocycles. The molecule has 3 nitrogen and oxygen atoms in total. The van der Waals surface area contributed by atoms with Gasteiger partial charge >= 0.3 is 0 Å². The molecular formula is C23H27NO2. The number of methoxy groups -OCH3 is 1. The van der Waals surface area contributed by atoms with Crippen molar-refractivity contribution in [2.75, 3.05) is 19.0 Å². The van der Waals surface area contributed by atoms with Crippen molar-refractivity contribution in [1.82, 2.24) is 0 Å². The molecule has 1 N–H and O–H groups in total. The molecular weight excluding hydrogens is 322 g/mol. The van der Waals surface area contributed by atoms with Gasteiger partial charge in [-0.25, -0.2) is 0 Å². The Balaban J connectivity index is 1.68. The highest BCUT2D eigenvalue weighted by atomic mass is 16.5. The second-order valence-corrected chi connectivity index (χ2v) is 6.95. The number of hydrogen-bond donors (Lipinski definition) is 1. The average Bonchev–Trinajstić information content (AvgIpc) is 2.65. The molecule has 3 aromatic carbocycles. The molecule has 0 amide bonds. The summed E-state index contributed by atoms with van der Waals surface area (Å²) in [5.41, 5.74) is 2.41. The number of nitrogens with one attached hydrogen (secondary N) is 1. The monoisotopic (exact) mass is 349 g/mol. The van der Waals surface area contributed by atoms with Crippen LogP contribution in [0, 0.1) is 0 Å². The largest absolute Gasteiger partial charge is 0.497 e. The first-order valence-corrected chi connectivity index (χ1v) is 9.13. The van der Waals surface area contributed by atoms with Gasteiger partial charge in [0.2, 0.25) is 0 Å². The first-order valence-electron chi connectivity index (χ1n) is 9.13. The van der Waals surface area contributed by atoms with Crippen molar-refractivity contribution in [1.29, 1.82) is 0 Å². The van der Waals surface area contributed by atoms with Crippen LogP contribution in [-0.2, 0) is 0 Å². The molecule has 0 heterocycles. The topological polar surface area (TPSA) is 30.5 Å². The van der Waals surface area contributed by atoms with Gasteiger partial charge in [0.15, 0.2) is 0 Å². The summed E-state index contributed by atoms with van der Waals surface area (Å²) in [6.07, 6.45) is 0.181. The van der Waals surface area contributed by atoms with E-state index in [1.165, 1.54) is 16.3 Å². The summed E-state index contributed by atoms with van der Waals surface area (Å²) in [5, 5.41) is 5.96. The summed E-state index contributed by atoms with van der Waals surface area (Å²) in [4.78, 5) is 0. The average molecular weight is 349 g/mol. The SMILES string of the molecule is COc1ccc2cc(C(C)CNc3cccc(OC(C)C)c3)ccc2c1. The number of benzene rings is 3. The fraction of sp³-hybridized carbons (Fsp3) is 0.304. The molecule has 26 heavy (non-hydrogen) atoms. The van der Waals surface area contributed by atoms with E-state index in [1.807, 2.05) is 32.0 Å². The number of hydrogen-bond acceptors (Lipinski definition) is 3. The number of anilines is 1. The van der Waals surface area contributed by atoms with Gasteiger partial charge in [-0.3, -0.25) is 0 Å². The van der Waals surface area contributed by atoms with Crippen LogP contribution in [0.15, 0.2) is 60.7 Å². The Labute approximate surface area is 156 Å². The molecule has 136 valence electrons.